The maximum atomic E-state index is 5.96. The number of hydrogen-bond acceptors (Lipinski definition) is 3. The third kappa shape index (κ3) is 2.40. The van der Waals surface area contributed by atoms with E-state index in [4.69, 9.17) is 17.3 Å². The van der Waals surface area contributed by atoms with Gasteiger partial charge in [-0.25, -0.2) is 4.98 Å². The number of nitrogens with one attached hydrogen (secondary N) is 1. The molecule has 1 saturated heterocycles. The minimum absolute atomic E-state index is 0.536. The van der Waals surface area contributed by atoms with Crippen LogP contribution >= 0.6 is 11.6 Å². The number of nitrogens with zero attached hydrogens (tertiary/aromatic N) is 1. The molecule has 0 bridgehead atoms. The number of rotatable bonds is 2. The van der Waals surface area contributed by atoms with Crippen LogP contribution in [0.1, 0.15) is 31.2 Å². The monoisotopic (exact) mass is 251 g/mol. The second-order valence-corrected chi connectivity index (χ2v) is 5.94. The van der Waals surface area contributed by atoms with Crippen LogP contribution in [0.25, 0.3) is 0 Å². The number of nitrogen functional groups attached to an aromatic ring is 1. The lowest BCUT2D eigenvalue weighted by molar-refractivity contribution is 0.281. The number of pyridine rings is 1. The quantitative estimate of drug-likeness (QED) is 0.849. The lowest BCUT2D eigenvalue weighted by Gasteiger charge is -2.30. The van der Waals surface area contributed by atoms with E-state index < -0.39 is 0 Å². The fourth-order valence-electron chi connectivity index (χ4n) is 2.93. The molecule has 1 atom stereocenters. The predicted molar refractivity (Wildman–Crippen MR) is 70.1 cm³/mol. The van der Waals surface area contributed by atoms with E-state index in [1.54, 1.807) is 6.20 Å². The molecule has 1 aliphatic carbocycles. The highest BCUT2D eigenvalue weighted by Gasteiger charge is 2.45. The highest BCUT2D eigenvalue weighted by molar-refractivity contribution is 6.30. The smallest absolute Gasteiger partial charge is 0.126 e. The lowest BCUT2D eigenvalue weighted by Crippen LogP contribution is -2.40. The van der Waals surface area contributed by atoms with Gasteiger partial charge in [-0.3, -0.25) is 0 Å². The first kappa shape index (κ1) is 11.3. The Kier molecular flexibility index (Phi) is 2.75. The van der Waals surface area contributed by atoms with Crippen LogP contribution in [-0.2, 0) is 6.42 Å². The average Bonchev–Trinajstić information content (AvgIpc) is 3.03. The first-order chi connectivity index (χ1) is 8.17. The number of anilines is 1. The van der Waals surface area contributed by atoms with E-state index in [0.29, 0.717) is 22.3 Å². The number of halogens is 1. The van der Waals surface area contributed by atoms with Crippen LogP contribution in [-0.4, -0.2) is 17.6 Å². The van der Waals surface area contributed by atoms with Crippen molar-refractivity contribution in [1.82, 2.24) is 10.3 Å². The van der Waals surface area contributed by atoms with Crippen LogP contribution in [0.15, 0.2) is 12.3 Å². The van der Waals surface area contributed by atoms with E-state index in [0.717, 1.165) is 18.5 Å². The SMILES string of the molecule is Nc1ncc(Cl)cc1CC1CC2(CCN1)CC2. The third-order valence-corrected chi connectivity index (χ3v) is 4.37. The Morgan fingerprint density at radius 1 is 1.47 bits per heavy atom. The number of hydrogen-bond donors (Lipinski definition) is 2. The van der Waals surface area contributed by atoms with E-state index in [2.05, 4.69) is 10.3 Å². The average molecular weight is 252 g/mol. The molecule has 1 aromatic rings. The topological polar surface area (TPSA) is 50.9 Å². The Bertz CT molecular complexity index is 429. The molecule has 92 valence electrons. The van der Waals surface area contributed by atoms with Crippen LogP contribution in [0.4, 0.5) is 5.82 Å². The van der Waals surface area contributed by atoms with Crippen molar-refractivity contribution in [1.29, 1.82) is 0 Å². The summed E-state index contributed by atoms with van der Waals surface area (Å²) in [4.78, 5) is 4.11. The second-order valence-electron chi connectivity index (χ2n) is 5.51. The molecule has 3 N–H and O–H groups in total. The Morgan fingerprint density at radius 3 is 3.06 bits per heavy atom. The summed E-state index contributed by atoms with van der Waals surface area (Å²) in [5, 5.41) is 4.26. The molecule has 1 aromatic heterocycles. The molecule has 3 rings (SSSR count). The molecule has 2 aliphatic rings. The summed E-state index contributed by atoms with van der Waals surface area (Å²) < 4.78 is 0. The van der Waals surface area contributed by atoms with E-state index in [9.17, 15) is 0 Å². The van der Waals surface area contributed by atoms with Crippen LogP contribution in [0, 0.1) is 5.41 Å². The predicted octanol–water partition coefficient (Wildman–Crippen LogP) is 2.39. The zero-order valence-electron chi connectivity index (χ0n) is 9.88. The second kappa shape index (κ2) is 4.14. The molecule has 0 radical (unpaired) electrons. The maximum absolute atomic E-state index is 5.96. The van der Waals surface area contributed by atoms with Gasteiger partial charge in [-0.05, 0) is 55.7 Å². The first-order valence-corrected chi connectivity index (χ1v) is 6.68. The van der Waals surface area contributed by atoms with E-state index in [-0.39, 0.29) is 0 Å². The third-order valence-electron chi connectivity index (χ3n) is 4.16. The van der Waals surface area contributed by atoms with Gasteiger partial charge >= 0.3 is 0 Å². The summed E-state index contributed by atoms with van der Waals surface area (Å²) in [5.41, 5.74) is 7.63. The molecular weight excluding hydrogens is 234 g/mol. The summed E-state index contributed by atoms with van der Waals surface area (Å²) in [5.74, 6) is 0.617. The molecule has 3 nitrogen and oxygen atoms in total. The van der Waals surface area contributed by atoms with Crippen molar-refractivity contribution in [2.24, 2.45) is 5.41 Å². The van der Waals surface area contributed by atoms with Gasteiger partial charge in [0.25, 0.3) is 0 Å². The lowest BCUT2D eigenvalue weighted by atomic mass is 9.87. The maximum Gasteiger partial charge on any atom is 0.126 e. The van der Waals surface area contributed by atoms with Gasteiger partial charge in [-0.2, -0.15) is 0 Å². The molecule has 2 fully saturated rings. The highest BCUT2D eigenvalue weighted by Crippen LogP contribution is 2.53. The molecule has 0 aromatic carbocycles. The Labute approximate surface area is 107 Å². The number of nitrogens with two attached hydrogens (primary N) is 1. The Balaban J connectivity index is 1.71. The van der Waals surface area contributed by atoms with Gasteiger partial charge in [0, 0.05) is 12.2 Å². The van der Waals surface area contributed by atoms with Crippen molar-refractivity contribution >= 4 is 17.4 Å². The molecular formula is C13H18ClN3. The number of aromatic nitrogens is 1. The van der Waals surface area contributed by atoms with Crippen molar-refractivity contribution < 1.29 is 0 Å². The standard InChI is InChI=1S/C13H18ClN3/c14-10-5-9(12(15)17-8-10)6-11-7-13(1-2-13)3-4-16-11/h5,8,11,16H,1-4,6-7H2,(H2,15,17). The fourth-order valence-corrected chi connectivity index (χ4v) is 3.11. The van der Waals surface area contributed by atoms with E-state index in [1.165, 1.54) is 25.7 Å². The summed E-state index contributed by atoms with van der Waals surface area (Å²) in [6, 6.07) is 2.48. The van der Waals surface area contributed by atoms with Crippen molar-refractivity contribution in [3.05, 3.63) is 22.8 Å². The normalized spacial score (nSPS) is 26.1. The minimum Gasteiger partial charge on any atom is -0.383 e. The summed E-state index contributed by atoms with van der Waals surface area (Å²) in [7, 11) is 0. The molecule has 1 aliphatic heterocycles. The van der Waals surface area contributed by atoms with E-state index in [1.807, 2.05) is 6.07 Å². The van der Waals surface area contributed by atoms with Crippen LogP contribution in [0.5, 0.6) is 0 Å². The van der Waals surface area contributed by atoms with E-state index >= 15 is 0 Å². The zero-order valence-corrected chi connectivity index (χ0v) is 10.6. The highest BCUT2D eigenvalue weighted by atomic mass is 35.5. The summed E-state index contributed by atoms with van der Waals surface area (Å²) >= 11 is 5.96. The van der Waals surface area contributed by atoms with Gasteiger partial charge in [0.1, 0.15) is 5.82 Å². The van der Waals surface area contributed by atoms with Gasteiger partial charge in [0.05, 0.1) is 5.02 Å². The van der Waals surface area contributed by atoms with Gasteiger partial charge in [0.2, 0.25) is 0 Å². The fraction of sp³-hybridized carbons (Fsp3) is 0.615. The van der Waals surface area contributed by atoms with Crippen molar-refractivity contribution in [2.75, 3.05) is 12.3 Å². The Morgan fingerprint density at radius 2 is 2.29 bits per heavy atom. The van der Waals surface area contributed by atoms with Gasteiger partial charge in [0.15, 0.2) is 0 Å². The largest absolute Gasteiger partial charge is 0.383 e. The van der Waals surface area contributed by atoms with Crippen LogP contribution in [0.3, 0.4) is 0 Å². The molecule has 0 amide bonds. The van der Waals surface area contributed by atoms with Crippen molar-refractivity contribution in [3.63, 3.8) is 0 Å². The molecule has 4 heteroatoms. The molecule has 1 saturated carbocycles. The van der Waals surface area contributed by atoms with Gasteiger partial charge in [-0.1, -0.05) is 11.6 Å². The summed E-state index contributed by atoms with van der Waals surface area (Å²) in [6.07, 6.45) is 7.99. The first-order valence-electron chi connectivity index (χ1n) is 6.30. The van der Waals surface area contributed by atoms with Crippen molar-refractivity contribution in [3.8, 4) is 0 Å². The minimum atomic E-state index is 0.536. The Hall–Kier alpha value is -0.800. The van der Waals surface area contributed by atoms with Crippen molar-refractivity contribution in [2.45, 2.75) is 38.1 Å². The van der Waals surface area contributed by atoms with Gasteiger partial charge < -0.3 is 11.1 Å². The van der Waals surface area contributed by atoms with Crippen LogP contribution in [0.2, 0.25) is 5.02 Å². The van der Waals surface area contributed by atoms with Crippen LogP contribution < -0.4 is 11.1 Å². The molecule has 2 heterocycles. The molecule has 1 spiro atoms. The summed E-state index contributed by atoms with van der Waals surface area (Å²) in [6.45, 7) is 1.14. The molecule has 17 heavy (non-hydrogen) atoms. The zero-order chi connectivity index (χ0) is 11.9. The molecule has 1 unspecified atom stereocenters. The number of piperidine rings is 1. The van der Waals surface area contributed by atoms with Gasteiger partial charge in [-0.15, -0.1) is 0 Å².